The van der Waals surface area contributed by atoms with Crippen LogP contribution in [0.15, 0.2) is 36.5 Å². The molecule has 0 aliphatic carbocycles. The fourth-order valence-corrected chi connectivity index (χ4v) is 4.09. The maximum atomic E-state index is 13.1. The smallest absolute Gasteiger partial charge is 0.339 e. The van der Waals surface area contributed by atoms with Crippen LogP contribution in [0.3, 0.4) is 0 Å². The van der Waals surface area contributed by atoms with Gasteiger partial charge in [-0.15, -0.1) is 0 Å². The first kappa shape index (κ1) is 18.5. The van der Waals surface area contributed by atoms with Gasteiger partial charge in [0, 0.05) is 25.8 Å². The molecule has 2 aliphatic heterocycles. The molecule has 1 aromatic carbocycles. The number of aromatic nitrogens is 2. The van der Waals surface area contributed by atoms with E-state index in [4.69, 9.17) is 16.3 Å². The van der Waals surface area contributed by atoms with E-state index in [-0.39, 0.29) is 23.4 Å². The Kier molecular flexibility index (Phi) is 4.80. The molecule has 146 valence electrons. The maximum Gasteiger partial charge on any atom is 0.339 e. The molecule has 2 fully saturated rings. The van der Waals surface area contributed by atoms with Crippen LogP contribution in [0.1, 0.15) is 17.3 Å². The van der Waals surface area contributed by atoms with E-state index >= 15 is 0 Å². The third-order valence-corrected chi connectivity index (χ3v) is 5.52. The number of hydrogen-bond donors (Lipinski definition) is 0. The number of nitrogens with zero attached hydrogens (tertiary/aromatic N) is 5. The quantitative estimate of drug-likeness (QED) is 0.580. The van der Waals surface area contributed by atoms with Gasteiger partial charge >= 0.3 is 12.0 Å². The third kappa shape index (κ3) is 3.03. The van der Waals surface area contributed by atoms with Crippen LogP contribution in [0.25, 0.3) is 0 Å². The minimum Gasteiger partial charge on any atom is -0.465 e. The Morgan fingerprint density at radius 1 is 1.25 bits per heavy atom. The molecule has 3 heterocycles. The number of amides is 2. The summed E-state index contributed by atoms with van der Waals surface area (Å²) >= 11 is 5.93. The molecule has 2 unspecified atom stereocenters. The van der Waals surface area contributed by atoms with Crippen LogP contribution in [0, 0.1) is 0 Å². The first-order chi connectivity index (χ1) is 13.5. The Balaban J connectivity index is 1.63. The summed E-state index contributed by atoms with van der Waals surface area (Å²) in [5, 5.41) is 0.198. The monoisotopic (exact) mass is 401 g/mol. The SMILES string of the molecule is COC(=O)c1ccccc1N1C(=O)N2CCN(c3ccnc(Cl)n3)CC2C1C. The number of esters is 1. The second kappa shape index (κ2) is 7.27. The molecule has 4 rings (SSSR count). The van der Waals surface area contributed by atoms with Crippen LogP contribution in [0.4, 0.5) is 16.3 Å². The van der Waals surface area contributed by atoms with Crippen molar-refractivity contribution in [3.8, 4) is 0 Å². The number of urea groups is 1. The molecule has 0 radical (unpaired) electrons. The number of rotatable bonds is 3. The lowest BCUT2D eigenvalue weighted by atomic mass is 10.1. The number of ether oxygens (including phenoxy) is 1. The zero-order valence-corrected chi connectivity index (χ0v) is 16.3. The molecule has 2 amide bonds. The van der Waals surface area contributed by atoms with Crippen molar-refractivity contribution in [2.24, 2.45) is 0 Å². The molecule has 1 aromatic heterocycles. The van der Waals surface area contributed by atoms with Gasteiger partial charge in [0.15, 0.2) is 0 Å². The molecule has 28 heavy (non-hydrogen) atoms. The molecular formula is C19H20ClN5O3. The number of halogens is 1. The summed E-state index contributed by atoms with van der Waals surface area (Å²) in [6, 6.07) is 8.57. The normalized spacial score (nSPS) is 21.7. The van der Waals surface area contributed by atoms with Crippen molar-refractivity contribution >= 4 is 35.1 Å². The molecular weight excluding hydrogens is 382 g/mol. The molecule has 2 aromatic rings. The van der Waals surface area contributed by atoms with E-state index < -0.39 is 5.97 Å². The number of para-hydroxylation sites is 1. The summed E-state index contributed by atoms with van der Waals surface area (Å²) in [6.07, 6.45) is 1.62. The molecule has 2 saturated heterocycles. The van der Waals surface area contributed by atoms with Crippen molar-refractivity contribution in [2.75, 3.05) is 36.5 Å². The number of fused-ring (bicyclic) bond motifs is 1. The summed E-state index contributed by atoms with van der Waals surface area (Å²) in [5.41, 5.74) is 0.947. The van der Waals surface area contributed by atoms with E-state index in [0.717, 1.165) is 5.82 Å². The summed E-state index contributed by atoms with van der Waals surface area (Å²) in [5.74, 6) is 0.283. The van der Waals surface area contributed by atoms with Crippen LogP contribution in [0.2, 0.25) is 5.28 Å². The van der Waals surface area contributed by atoms with E-state index in [9.17, 15) is 9.59 Å². The second-order valence-electron chi connectivity index (χ2n) is 6.79. The van der Waals surface area contributed by atoms with Crippen LogP contribution in [0.5, 0.6) is 0 Å². The predicted molar refractivity (Wildman–Crippen MR) is 105 cm³/mol. The highest BCUT2D eigenvalue weighted by Gasteiger charge is 2.47. The Morgan fingerprint density at radius 3 is 2.79 bits per heavy atom. The first-order valence-corrected chi connectivity index (χ1v) is 9.39. The van der Waals surface area contributed by atoms with E-state index in [0.29, 0.717) is 30.9 Å². The molecule has 9 heteroatoms. The second-order valence-corrected chi connectivity index (χ2v) is 7.13. The van der Waals surface area contributed by atoms with Gasteiger partial charge in [0.2, 0.25) is 5.28 Å². The van der Waals surface area contributed by atoms with E-state index in [2.05, 4.69) is 14.9 Å². The lowest BCUT2D eigenvalue weighted by molar-refractivity contribution is 0.0601. The predicted octanol–water partition coefficient (Wildman–Crippen LogP) is 2.44. The Morgan fingerprint density at radius 2 is 2.04 bits per heavy atom. The lowest BCUT2D eigenvalue weighted by Crippen LogP contribution is -2.53. The fourth-order valence-electron chi connectivity index (χ4n) is 3.94. The van der Waals surface area contributed by atoms with Gasteiger partial charge in [-0.1, -0.05) is 12.1 Å². The molecule has 0 bridgehead atoms. The lowest BCUT2D eigenvalue weighted by Gasteiger charge is -2.38. The highest BCUT2D eigenvalue weighted by atomic mass is 35.5. The van der Waals surface area contributed by atoms with E-state index in [1.54, 1.807) is 29.3 Å². The average Bonchev–Trinajstić information content (AvgIpc) is 2.97. The Bertz CT molecular complexity index is 924. The number of anilines is 2. The van der Waals surface area contributed by atoms with Gasteiger partial charge in [-0.3, -0.25) is 4.90 Å². The first-order valence-electron chi connectivity index (χ1n) is 9.02. The number of carbonyl (C=O) groups excluding carboxylic acids is 2. The molecule has 0 N–H and O–H groups in total. The summed E-state index contributed by atoms with van der Waals surface area (Å²) in [7, 11) is 1.34. The number of hydrogen-bond acceptors (Lipinski definition) is 6. The molecule has 8 nitrogen and oxygen atoms in total. The Hall–Kier alpha value is -2.87. The maximum absolute atomic E-state index is 13.1. The largest absolute Gasteiger partial charge is 0.465 e. The zero-order valence-electron chi connectivity index (χ0n) is 15.6. The number of carbonyl (C=O) groups is 2. The number of benzene rings is 1. The van der Waals surface area contributed by atoms with E-state index in [1.165, 1.54) is 7.11 Å². The summed E-state index contributed by atoms with van der Waals surface area (Å²) in [6.45, 7) is 3.82. The number of piperazine rings is 1. The highest BCUT2D eigenvalue weighted by molar-refractivity contribution is 6.28. The zero-order chi connectivity index (χ0) is 19.8. The Labute approximate surface area is 167 Å². The van der Waals surface area contributed by atoms with Crippen molar-refractivity contribution in [2.45, 2.75) is 19.0 Å². The van der Waals surface area contributed by atoms with Crippen LogP contribution in [-0.4, -0.2) is 65.7 Å². The van der Waals surface area contributed by atoms with Crippen LogP contribution in [-0.2, 0) is 4.74 Å². The van der Waals surface area contributed by atoms with Crippen LogP contribution < -0.4 is 9.80 Å². The van der Waals surface area contributed by atoms with Gasteiger partial charge in [-0.25, -0.2) is 19.6 Å². The molecule has 0 saturated carbocycles. The van der Waals surface area contributed by atoms with E-state index in [1.807, 2.05) is 24.0 Å². The van der Waals surface area contributed by atoms with Crippen molar-refractivity contribution in [3.05, 3.63) is 47.4 Å². The van der Waals surface area contributed by atoms with Gasteiger partial charge in [0.25, 0.3) is 0 Å². The topological polar surface area (TPSA) is 78.9 Å². The number of methoxy groups -OCH3 is 1. The third-order valence-electron chi connectivity index (χ3n) is 5.34. The molecule has 2 aliphatic rings. The summed E-state index contributed by atoms with van der Waals surface area (Å²) < 4.78 is 4.89. The minimum atomic E-state index is -0.460. The van der Waals surface area contributed by atoms with Gasteiger partial charge in [0.05, 0.1) is 30.4 Å². The van der Waals surface area contributed by atoms with Gasteiger partial charge in [-0.05, 0) is 36.7 Å². The highest BCUT2D eigenvalue weighted by Crippen LogP contribution is 2.34. The van der Waals surface area contributed by atoms with Gasteiger partial charge in [-0.2, -0.15) is 0 Å². The minimum absolute atomic E-state index is 0.0410. The fraction of sp³-hybridized carbons (Fsp3) is 0.368. The van der Waals surface area contributed by atoms with Crippen LogP contribution >= 0.6 is 11.6 Å². The van der Waals surface area contributed by atoms with Crippen molar-refractivity contribution < 1.29 is 14.3 Å². The van der Waals surface area contributed by atoms with Crippen molar-refractivity contribution in [1.82, 2.24) is 14.9 Å². The van der Waals surface area contributed by atoms with Crippen molar-refractivity contribution in [3.63, 3.8) is 0 Å². The molecule has 2 atom stereocenters. The van der Waals surface area contributed by atoms with Crippen molar-refractivity contribution in [1.29, 1.82) is 0 Å². The van der Waals surface area contributed by atoms with Gasteiger partial charge in [0.1, 0.15) is 5.82 Å². The molecule has 0 spiro atoms. The average molecular weight is 402 g/mol. The standard InChI is InChI=1S/C19H20ClN5O3/c1-12-15-11-23(16-7-8-21-18(20)22-16)9-10-24(15)19(27)25(12)14-6-4-3-5-13(14)17(26)28-2/h3-8,12,15H,9-11H2,1-2H3. The van der Waals surface area contributed by atoms with Gasteiger partial charge < -0.3 is 14.5 Å². The summed E-state index contributed by atoms with van der Waals surface area (Å²) in [4.78, 5) is 39.2.